The van der Waals surface area contributed by atoms with Crippen LogP contribution < -0.4 is 10.6 Å². The third-order valence-electron chi connectivity index (χ3n) is 6.25. The van der Waals surface area contributed by atoms with Gasteiger partial charge in [0.1, 0.15) is 18.2 Å². The predicted molar refractivity (Wildman–Crippen MR) is 150 cm³/mol. The largest absolute Gasteiger partial charge is 0.444 e. The molecule has 210 valence electrons. The average molecular weight is 518 g/mol. The second kappa shape index (κ2) is 16.3. The molecule has 2 N–H and O–H groups in total. The summed E-state index contributed by atoms with van der Waals surface area (Å²) in [6.45, 7) is 15.8. The third-order valence-corrected chi connectivity index (χ3v) is 6.25. The van der Waals surface area contributed by atoms with Gasteiger partial charge in [-0.15, -0.1) is 0 Å². The minimum Gasteiger partial charge on any atom is -0.444 e. The molecule has 0 heterocycles. The number of hydrogen-bond acceptors (Lipinski definition) is 4. The summed E-state index contributed by atoms with van der Waals surface area (Å²) in [6, 6.07) is 5.18. The maximum absolute atomic E-state index is 13.7. The minimum absolute atomic E-state index is 0.00311. The number of alkyl carbamates (subject to hydrolysis) is 1. The number of nitrogens with one attached hydrogen (secondary N) is 2. The van der Waals surface area contributed by atoms with Crippen molar-refractivity contribution in [3.05, 3.63) is 34.9 Å². The van der Waals surface area contributed by atoms with Crippen LogP contribution >= 0.6 is 0 Å². The standard InChI is InChI=1S/C30H51N3O4/c1-9-11-12-13-14-15-19-33(26(34)21-31-29(36)37-30(6,7)8)27(28(35)32-24(5)16-10-2)25-18-17-22(3)20-23(25)4/h17-18,20,24,27H,9-16,19,21H2,1-8H3,(H,31,36)(H,32,35). The summed E-state index contributed by atoms with van der Waals surface area (Å²) in [7, 11) is 0. The molecule has 7 nitrogen and oxygen atoms in total. The molecule has 2 unspecified atom stereocenters. The fourth-order valence-electron chi connectivity index (χ4n) is 4.43. The van der Waals surface area contributed by atoms with E-state index < -0.39 is 17.7 Å². The van der Waals surface area contributed by atoms with Crippen molar-refractivity contribution < 1.29 is 19.1 Å². The molecule has 0 radical (unpaired) electrons. The van der Waals surface area contributed by atoms with Crippen molar-refractivity contribution in [1.82, 2.24) is 15.5 Å². The van der Waals surface area contributed by atoms with Crippen LogP contribution in [0.3, 0.4) is 0 Å². The van der Waals surface area contributed by atoms with Crippen LogP contribution in [0.4, 0.5) is 4.79 Å². The van der Waals surface area contributed by atoms with Crippen molar-refractivity contribution in [2.75, 3.05) is 13.1 Å². The van der Waals surface area contributed by atoms with E-state index in [9.17, 15) is 14.4 Å². The maximum atomic E-state index is 13.7. The Morgan fingerprint density at radius 3 is 2.22 bits per heavy atom. The first-order valence-corrected chi connectivity index (χ1v) is 14.0. The Morgan fingerprint density at radius 1 is 0.973 bits per heavy atom. The Morgan fingerprint density at radius 2 is 1.62 bits per heavy atom. The molecule has 0 saturated carbocycles. The van der Waals surface area contributed by atoms with Crippen LogP contribution in [0.1, 0.15) is 116 Å². The molecule has 1 aromatic rings. The number of carbonyl (C=O) groups excluding carboxylic acids is 3. The second-order valence-electron chi connectivity index (χ2n) is 11.2. The Bertz CT molecular complexity index is 863. The first-order valence-electron chi connectivity index (χ1n) is 14.0. The zero-order valence-corrected chi connectivity index (χ0v) is 24.5. The van der Waals surface area contributed by atoms with Gasteiger partial charge in [-0.2, -0.15) is 0 Å². The zero-order valence-electron chi connectivity index (χ0n) is 24.5. The molecular formula is C30H51N3O4. The van der Waals surface area contributed by atoms with Gasteiger partial charge in [0.25, 0.3) is 0 Å². The van der Waals surface area contributed by atoms with Crippen molar-refractivity contribution >= 4 is 17.9 Å². The number of hydrogen-bond donors (Lipinski definition) is 2. The predicted octanol–water partition coefficient (Wildman–Crippen LogP) is 6.36. The number of nitrogens with zero attached hydrogens (tertiary/aromatic N) is 1. The van der Waals surface area contributed by atoms with Gasteiger partial charge in [0.2, 0.25) is 11.8 Å². The SMILES string of the molecule is CCCCCCCCN(C(=O)CNC(=O)OC(C)(C)C)C(C(=O)NC(C)CCC)c1ccc(C)cc1C. The van der Waals surface area contributed by atoms with Gasteiger partial charge in [0.05, 0.1) is 0 Å². The summed E-state index contributed by atoms with van der Waals surface area (Å²) in [5, 5.41) is 5.71. The number of ether oxygens (including phenoxy) is 1. The molecule has 7 heteroatoms. The fourth-order valence-corrected chi connectivity index (χ4v) is 4.43. The molecular weight excluding hydrogens is 466 g/mol. The van der Waals surface area contributed by atoms with Gasteiger partial charge in [-0.05, 0) is 65.5 Å². The Balaban J connectivity index is 3.24. The van der Waals surface area contributed by atoms with E-state index >= 15 is 0 Å². The van der Waals surface area contributed by atoms with Gasteiger partial charge < -0.3 is 20.3 Å². The molecule has 0 aliphatic carbocycles. The lowest BCUT2D eigenvalue weighted by molar-refractivity contribution is -0.140. The lowest BCUT2D eigenvalue weighted by Gasteiger charge is -2.33. The summed E-state index contributed by atoms with van der Waals surface area (Å²) in [4.78, 5) is 41.1. The van der Waals surface area contributed by atoms with E-state index in [1.165, 1.54) is 19.3 Å². The summed E-state index contributed by atoms with van der Waals surface area (Å²) in [5.74, 6) is -0.493. The van der Waals surface area contributed by atoms with Crippen LogP contribution in [0.5, 0.6) is 0 Å². The quantitative estimate of drug-likeness (QED) is 0.265. The molecule has 0 aliphatic rings. The monoisotopic (exact) mass is 517 g/mol. The zero-order chi connectivity index (χ0) is 28.0. The molecule has 1 aromatic carbocycles. The summed E-state index contributed by atoms with van der Waals surface area (Å²) >= 11 is 0. The van der Waals surface area contributed by atoms with Gasteiger partial charge in [-0.25, -0.2) is 4.79 Å². The van der Waals surface area contributed by atoms with Gasteiger partial charge in [-0.1, -0.05) is 76.1 Å². The number of benzene rings is 1. The molecule has 1 rings (SSSR count). The molecule has 2 atom stereocenters. The van der Waals surface area contributed by atoms with Crippen molar-refractivity contribution in [1.29, 1.82) is 0 Å². The lowest BCUT2D eigenvalue weighted by Crippen LogP contribution is -2.49. The fraction of sp³-hybridized carbons (Fsp3) is 0.700. The maximum Gasteiger partial charge on any atom is 0.408 e. The van der Waals surface area contributed by atoms with E-state index in [0.29, 0.717) is 6.54 Å². The molecule has 37 heavy (non-hydrogen) atoms. The molecule has 0 aliphatic heterocycles. The smallest absolute Gasteiger partial charge is 0.408 e. The number of rotatable bonds is 15. The van der Waals surface area contributed by atoms with Gasteiger partial charge in [-0.3, -0.25) is 9.59 Å². The second-order valence-corrected chi connectivity index (χ2v) is 11.2. The van der Waals surface area contributed by atoms with E-state index in [4.69, 9.17) is 4.74 Å². The van der Waals surface area contributed by atoms with Crippen LogP contribution in [-0.4, -0.2) is 47.5 Å². The highest BCUT2D eigenvalue weighted by molar-refractivity contribution is 5.90. The molecule has 0 bridgehead atoms. The van der Waals surface area contributed by atoms with Gasteiger partial charge >= 0.3 is 6.09 Å². The summed E-state index contributed by atoms with van der Waals surface area (Å²) in [6.07, 6.45) is 7.58. The molecule has 0 saturated heterocycles. The van der Waals surface area contributed by atoms with Crippen LogP contribution in [0, 0.1) is 13.8 Å². The van der Waals surface area contributed by atoms with E-state index in [-0.39, 0.29) is 24.4 Å². The van der Waals surface area contributed by atoms with Crippen LogP contribution in [0.25, 0.3) is 0 Å². The van der Waals surface area contributed by atoms with Crippen LogP contribution in [-0.2, 0) is 14.3 Å². The van der Waals surface area contributed by atoms with Crippen molar-refractivity contribution in [2.45, 2.75) is 124 Å². The van der Waals surface area contributed by atoms with E-state index in [1.807, 2.05) is 39.0 Å². The number of amides is 3. The summed E-state index contributed by atoms with van der Waals surface area (Å²) in [5.41, 5.74) is 2.20. The third kappa shape index (κ3) is 12.5. The van der Waals surface area contributed by atoms with E-state index in [0.717, 1.165) is 48.8 Å². The minimum atomic E-state index is -0.775. The lowest BCUT2D eigenvalue weighted by atomic mass is 9.96. The topological polar surface area (TPSA) is 87.7 Å². The number of unbranched alkanes of at least 4 members (excludes halogenated alkanes) is 5. The Kier molecular flexibility index (Phi) is 14.3. The van der Waals surface area contributed by atoms with Crippen molar-refractivity contribution in [3.8, 4) is 0 Å². The van der Waals surface area contributed by atoms with Crippen LogP contribution in [0.15, 0.2) is 18.2 Å². The van der Waals surface area contributed by atoms with Gasteiger partial charge in [0, 0.05) is 12.6 Å². The highest BCUT2D eigenvalue weighted by Gasteiger charge is 2.33. The molecule has 0 fully saturated rings. The van der Waals surface area contributed by atoms with E-state index in [2.05, 4.69) is 24.5 Å². The molecule has 0 spiro atoms. The van der Waals surface area contributed by atoms with Crippen molar-refractivity contribution in [3.63, 3.8) is 0 Å². The number of carbonyl (C=O) groups is 3. The normalized spacial score (nSPS) is 13.0. The van der Waals surface area contributed by atoms with Gasteiger partial charge in [0.15, 0.2) is 0 Å². The molecule has 0 aromatic heterocycles. The highest BCUT2D eigenvalue weighted by atomic mass is 16.6. The Labute approximate surface area is 225 Å². The molecule has 3 amide bonds. The Hall–Kier alpha value is -2.57. The summed E-state index contributed by atoms with van der Waals surface area (Å²) < 4.78 is 5.31. The number of aryl methyl sites for hydroxylation is 2. The first-order chi connectivity index (χ1) is 17.4. The van der Waals surface area contributed by atoms with Crippen LogP contribution in [0.2, 0.25) is 0 Å². The highest BCUT2D eigenvalue weighted by Crippen LogP contribution is 2.27. The first kappa shape index (κ1) is 32.5. The van der Waals surface area contributed by atoms with Crippen molar-refractivity contribution in [2.24, 2.45) is 0 Å². The van der Waals surface area contributed by atoms with E-state index in [1.54, 1.807) is 25.7 Å². The average Bonchev–Trinajstić information content (AvgIpc) is 2.78.